The summed E-state index contributed by atoms with van der Waals surface area (Å²) in [6.07, 6.45) is 2.07. The molecule has 0 spiro atoms. The lowest BCUT2D eigenvalue weighted by atomic mass is 10.2. The Morgan fingerprint density at radius 2 is 2.28 bits per heavy atom. The fourth-order valence-corrected chi connectivity index (χ4v) is 2.73. The van der Waals surface area contributed by atoms with E-state index in [1.165, 1.54) is 4.90 Å². The third-order valence-electron chi connectivity index (χ3n) is 2.88. The smallest absolute Gasteiger partial charge is 0.232 e. The van der Waals surface area contributed by atoms with E-state index in [0.29, 0.717) is 18.9 Å². The first-order valence-electron chi connectivity index (χ1n) is 5.51. The molecule has 0 radical (unpaired) electrons. The molecule has 0 bridgehead atoms. The third kappa shape index (κ3) is 1.97. The molecular weight excluding hydrogens is 318 g/mol. The van der Waals surface area contributed by atoms with Gasteiger partial charge in [-0.1, -0.05) is 22.0 Å². The van der Waals surface area contributed by atoms with Gasteiger partial charge in [-0.05, 0) is 12.1 Å². The van der Waals surface area contributed by atoms with Gasteiger partial charge in [0.25, 0.3) is 0 Å². The molecule has 3 rings (SSSR count). The van der Waals surface area contributed by atoms with E-state index in [4.69, 9.17) is 11.6 Å². The monoisotopic (exact) mass is 325 g/mol. The number of hydrogen-bond donors (Lipinski definition) is 0. The largest absolute Gasteiger partial charge is 0.279 e. The van der Waals surface area contributed by atoms with Gasteiger partial charge in [-0.3, -0.25) is 9.69 Å². The summed E-state index contributed by atoms with van der Waals surface area (Å²) >= 11 is 9.41. The van der Waals surface area contributed by atoms with E-state index in [-0.39, 0.29) is 11.3 Å². The number of carbonyl (C=O) groups excluding carboxylic acids is 1. The number of hydrogen-bond acceptors (Lipinski definition) is 3. The second-order valence-corrected chi connectivity index (χ2v) is 5.62. The Balaban J connectivity index is 2.06. The van der Waals surface area contributed by atoms with Gasteiger partial charge < -0.3 is 0 Å². The molecule has 0 saturated carbocycles. The summed E-state index contributed by atoms with van der Waals surface area (Å²) in [5.41, 5.74) is 0.806. The number of carbonyl (C=O) groups is 1. The normalized spacial score (nSPS) is 19.8. The minimum absolute atomic E-state index is 0.0238. The van der Waals surface area contributed by atoms with Crippen molar-refractivity contribution in [1.29, 1.82) is 0 Å². The summed E-state index contributed by atoms with van der Waals surface area (Å²) in [4.78, 5) is 21.9. The van der Waals surface area contributed by atoms with Crippen molar-refractivity contribution in [3.8, 4) is 0 Å². The number of benzene rings is 1. The van der Waals surface area contributed by atoms with Crippen molar-refractivity contribution in [1.82, 2.24) is 9.97 Å². The predicted octanol–water partition coefficient (Wildman–Crippen LogP) is 2.74. The summed E-state index contributed by atoms with van der Waals surface area (Å²) in [6, 6.07) is 5.73. The van der Waals surface area contributed by atoms with Crippen molar-refractivity contribution >= 4 is 50.3 Å². The Labute approximate surface area is 117 Å². The Morgan fingerprint density at radius 1 is 1.44 bits per heavy atom. The Kier molecular flexibility index (Phi) is 2.95. The van der Waals surface area contributed by atoms with Crippen LogP contribution in [-0.2, 0) is 4.79 Å². The number of amides is 1. The molecule has 1 aliphatic heterocycles. The SMILES string of the molecule is O=C1CC(Cl)CN1c1ncc2c(Br)cccc2n1. The first-order chi connectivity index (χ1) is 8.65. The number of anilines is 1. The quantitative estimate of drug-likeness (QED) is 0.757. The molecule has 1 aliphatic rings. The number of rotatable bonds is 1. The van der Waals surface area contributed by atoms with Crippen LogP contribution >= 0.6 is 27.5 Å². The first kappa shape index (κ1) is 11.9. The van der Waals surface area contributed by atoms with Crippen LogP contribution in [0.3, 0.4) is 0 Å². The molecule has 0 aliphatic carbocycles. The van der Waals surface area contributed by atoms with Crippen molar-refractivity contribution in [2.24, 2.45) is 0 Å². The van der Waals surface area contributed by atoms with E-state index < -0.39 is 0 Å². The van der Waals surface area contributed by atoms with E-state index in [1.807, 2.05) is 18.2 Å². The fourth-order valence-electron chi connectivity index (χ4n) is 2.00. The van der Waals surface area contributed by atoms with E-state index in [2.05, 4.69) is 25.9 Å². The molecule has 1 aromatic carbocycles. The van der Waals surface area contributed by atoms with Gasteiger partial charge in [0, 0.05) is 29.0 Å². The van der Waals surface area contributed by atoms with Crippen molar-refractivity contribution in [3.05, 3.63) is 28.9 Å². The molecule has 4 nitrogen and oxygen atoms in total. The highest BCUT2D eigenvalue weighted by Crippen LogP contribution is 2.25. The molecule has 1 unspecified atom stereocenters. The second-order valence-electron chi connectivity index (χ2n) is 4.15. The predicted molar refractivity (Wildman–Crippen MR) is 73.8 cm³/mol. The zero-order valence-corrected chi connectivity index (χ0v) is 11.6. The topological polar surface area (TPSA) is 46.1 Å². The van der Waals surface area contributed by atoms with Gasteiger partial charge in [-0.2, -0.15) is 0 Å². The van der Waals surface area contributed by atoms with E-state index >= 15 is 0 Å². The van der Waals surface area contributed by atoms with Crippen LogP contribution in [0.2, 0.25) is 0 Å². The maximum absolute atomic E-state index is 11.7. The van der Waals surface area contributed by atoms with Crippen molar-refractivity contribution in [2.75, 3.05) is 11.4 Å². The summed E-state index contributed by atoms with van der Waals surface area (Å²) in [5, 5.41) is 0.773. The molecule has 1 fully saturated rings. The van der Waals surface area contributed by atoms with Crippen molar-refractivity contribution < 1.29 is 4.79 Å². The van der Waals surface area contributed by atoms with Gasteiger partial charge in [-0.15, -0.1) is 11.6 Å². The van der Waals surface area contributed by atoms with Crippen molar-refractivity contribution in [2.45, 2.75) is 11.8 Å². The first-order valence-corrected chi connectivity index (χ1v) is 6.74. The van der Waals surface area contributed by atoms with Crippen LogP contribution in [-0.4, -0.2) is 27.8 Å². The highest BCUT2D eigenvalue weighted by Gasteiger charge is 2.30. The van der Waals surface area contributed by atoms with Crippen LogP contribution in [0.1, 0.15) is 6.42 Å². The lowest BCUT2D eigenvalue weighted by Gasteiger charge is -2.13. The standard InChI is InChI=1S/C12H9BrClN3O/c13-9-2-1-3-10-8(9)5-15-12(16-10)17-6-7(14)4-11(17)18/h1-3,5,7H,4,6H2. The molecule has 0 N–H and O–H groups in total. The summed E-state index contributed by atoms with van der Waals surface area (Å²) in [5.74, 6) is 0.401. The zero-order chi connectivity index (χ0) is 12.7. The number of halogens is 2. The highest BCUT2D eigenvalue weighted by atomic mass is 79.9. The van der Waals surface area contributed by atoms with Gasteiger partial charge in [0.15, 0.2) is 0 Å². The highest BCUT2D eigenvalue weighted by molar-refractivity contribution is 9.10. The molecule has 1 saturated heterocycles. The number of alkyl halides is 1. The van der Waals surface area contributed by atoms with E-state index in [1.54, 1.807) is 6.20 Å². The van der Waals surface area contributed by atoms with Crippen LogP contribution in [0.4, 0.5) is 5.95 Å². The van der Waals surface area contributed by atoms with Crippen LogP contribution in [0, 0.1) is 0 Å². The summed E-state index contributed by atoms with van der Waals surface area (Å²) in [6.45, 7) is 0.472. The maximum Gasteiger partial charge on any atom is 0.232 e. The average molecular weight is 327 g/mol. The molecule has 1 atom stereocenters. The van der Waals surface area contributed by atoms with Crippen LogP contribution in [0.25, 0.3) is 10.9 Å². The Morgan fingerprint density at radius 3 is 3.00 bits per heavy atom. The van der Waals surface area contributed by atoms with Gasteiger partial charge in [0.05, 0.1) is 10.9 Å². The molecule has 18 heavy (non-hydrogen) atoms. The summed E-state index contributed by atoms with van der Waals surface area (Å²) in [7, 11) is 0. The average Bonchev–Trinajstić information content (AvgIpc) is 2.68. The molecular formula is C12H9BrClN3O. The van der Waals surface area contributed by atoms with Crippen LogP contribution in [0.15, 0.2) is 28.9 Å². The lowest BCUT2D eigenvalue weighted by molar-refractivity contribution is -0.117. The molecule has 1 aromatic heterocycles. The lowest BCUT2D eigenvalue weighted by Crippen LogP contribution is -2.26. The number of aromatic nitrogens is 2. The van der Waals surface area contributed by atoms with E-state index in [9.17, 15) is 4.79 Å². The van der Waals surface area contributed by atoms with E-state index in [0.717, 1.165) is 15.4 Å². The summed E-state index contributed by atoms with van der Waals surface area (Å²) < 4.78 is 0.939. The molecule has 1 amide bonds. The molecule has 6 heteroatoms. The van der Waals surface area contributed by atoms with Gasteiger partial charge in [0.1, 0.15) is 0 Å². The van der Waals surface area contributed by atoms with Crippen LogP contribution < -0.4 is 4.90 Å². The molecule has 2 aromatic rings. The van der Waals surface area contributed by atoms with Crippen molar-refractivity contribution in [3.63, 3.8) is 0 Å². The molecule has 92 valence electrons. The second kappa shape index (κ2) is 4.48. The number of nitrogens with zero attached hydrogens (tertiary/aromatic N) is 3. The maximum atomic E-state index is 11.7. The van der Waals surface area contributed by atoms with Gasteiger partial charge in [0.2, 0.25) is 11.9 Å². The Bertz CT molecular complexity index is 634. The molecule has 2 heterocycles. The Hall–Kier alpha value is -1.20. The van der Waals surface area contributed by atoms with Gasteiger partial charge >= 0.3 is 0 Å². The van der Waals surface area contributed by atoms with Gasteiger partial charge in [-0.25, -0.2) is 9.97 Å². The minimum Gasteiger partial charge on any atom is -0.279 e. The zero-order valence-electron chi connectivity index (χ0n) is 9.31. The van der Waals surface area contributed by atoms with Crippen LogP contribution in [0.5, 0.6) is 0 Å². The third-order valence-corrected chi connectivity index (χ3v) is 3.86. The fraction of sp³-hybridized carbons (Fsp3) is 0.250. The number of fused-ring (bicyclic) bond motifs is 1. The minimum atomic E-state index is -0.153.